The first-order valence-electron chi connectivity index (χ1n) is 9.06. The molecule has 1 amide bonds. The summed E-state index contributed by atoms with van der Waals surface area (Å²) in [5.41, 5.74) is 1.26. The van der Waals surface area contributed by atoms with Gasteiger partial charge in [-0.15, -0.1) is 6.58 Å². The van der Waals surface area contributed by atoms with E-state index in [1.807, 2.05) is 0 Å². The van der Waals surface area contributed by atoms with E-state index in [1.165, 1.54) is 4.31 Å². The van der Waals surface area contributed by atoms with Crippen LogP contribution in [0.3, 0.4) is 0 Å². The number of nitrogens with one attached hydrogen (secondary N) is 1. The zero-order chi connectivity index (χ0) is 20.7. The van der Waals surface area contributed by atoms with Gasteiger partial charge in [-0.05, 0) is 42.0 Å². The molecule has 0 aliphatic rings. The lowest BCUT2D eigenvalue weighted by molar-refractivity contribution is 0.0948. The van der Waals surface area contributed by atoms with Crippen LogP contribution in [0.4, 0.5) is 0 Å². The monoisotopic (exact) mass is 410 g/mol. The van der Waals surface area contributed by atoms with Gasteiger partial charge < -0.3 is 9.73 Å². The summed E-state index contributed by atoms with van der Waals surface area (Å²) in [6, 6.07) is 18.7. The van der Waals surface area contributed by atoms with Crippen molar-refractivity contribution in [3.63, 3.8) is 0 Å². The second kappa shape index (κ2) is 9.36. The number of carbonyl (C=O) groups is 1. The van der Waals surface area contributed by atoms with Crippen LogP contribution < -0.4 is 5.32 Å². The lowest BCUT2D eigenvalue weighted by Crippen LogP contribution is -2.30. The molecule has 0 spiro atoms. The fraction of sp³-hybridized carbons (Fsp3) is 0.136. The van der Waals surface area contributed by atoms with Gasteiger partial charge in [-0.2, -0.15) is 4.31 Å². The summed E-state index contributed by atoms with van der Waals surface area (Å²) in [5.74, 6) is 0.439. The second-order valence-corrected chi connectivity index (χ2v) is 8.30. The summed E-state index contributed by atoms with van der Waals surface area (Å²) < 4.78 is 32.3. The molecule has 3 aromatic rings. The second-order valence-electron chi connectivity index (χ2n) is 6.36. The maximum absolute atomic E-state index is 12.9. The molecule has 1 aromatic heterocycles. The Morgan fingerprint density at radius 3 is 2.38 bits per heavy atom. The molecule has 6 nitrogen and oxygen atoms in total. The number of hydrogen-bond donors (Lipinski definition) is 1. The standard InChI is InChI=1S/C22H22N2O4S/c1-2-14-24(29(26,27)21-8-4-3-5-9-21)17-18-10-12-19(13-11-18)22(25)23-16-20-7-6-15-28-20/h2-13,15H,1,14,16-17H2,(H,23,25). The van der Waals surface area contributed by atoms with E-state index in [9.17, 15) is 13.2 Å². The van der Waals surface area contributed by atoms with Crippen molar-refractivity contribution < 1.29 is 17.6 Å². The van der Waals surface area contributed by atoms with E-state index in [4.69, 9.17) is 4.42 Å². The van der Waals surface area contributed by atoms with Gasteiger partial charge in [-0.25, -0.2) is 8.42 Å². The number of sulfonamides is 1. The first kappa shape index (κ1) is 20.6. The highest BCUT2D eigenvalue weighted by molar-refractivity contribution is 7.89. The van der Waals surface area contributed by atoms with Gasteiger partial charge >= 0.3 is 0 Å². The molecule has 0 atom stereocenters. The topological polar surface area (TPSA) is 79.6 Å². The third kappa shape index (κ3) is 5.22. The molecule has 1 N–H and O–H groups in total. The number of carbonyl (C=O) groups excluding carboxylic acids is 1. The summed E-state index contributed by atoms with van der Waals surface area (Å²) in [6.07, 6.45) is 3.10. The van der Waals surface area contributed by atoms with Crippen LogP contribution in [0.25, 0.3) is 0 Å². The average Bonchev–Trinajstić information content (AvgIpc) is 3.26. The third-order valence-electron chi connectivity index (χ3n) is 4.29. The molecule has 29 heavy (non-hydrogen) atoms. The van der Waals surface area contributed by atoms with E-state index >= 15 is 0 Å². The Morgan fingerprint density at radius 2 is 1.76 bits per heavy atom. The lowest BCUT2D eigenvalue weighted by Gasteiger charge is -2.21. The number of rotatable bonds is 9. The maximum atomic E-state index is 12.9. The summed E-state index contributed by atoms with van der Waals surface area (Å²) in [6.45, 7) is 4.32. The first-order chi connectivity index (χ1) is 14.0. The van der Waals surface area contributed by atoms with Gasteiger partial charge in [0, 0.05) is 18.7 Å². The van der Waals surface area contributed by atoms with Crippen LogP contribution in [0, 0.1) is 0 Å². The van der Waals surface area contributed by atoms with Gasteiger partial charge in [-0.3, -0.25) is 4.79 Å². The fourth-order valence-corrected chi connectivity index (χ4v) is 4.20. The normalized spacial score (nSPS) is 11.3. The molecule has 0 aliphatic heterocycles. The molecule has 7 heteroatoms. The lowest BCUT2D eigenvalue weighted by atomic mass is 10.1. The number of amides is 1. The predicted molar refractivity (Wildman–Crippen MR) is 111 cm³/mol. The molecule has 0 saturated heterocycles. The highest BCUT2D eigenvalue weighted by Crippen LogP contribution is 2.18. The predicted octanol–water partition coefficient (Wildman–Crippen LogP) is 3.59. The van der Waals surface area contributed by atoms with Crippen molar-refractivity contribution in [3.05, 3.63) is 103 Å². The Labute approximate surface area is 170 Å². The van der Waals surface area contributed by atoms with Crippen molar-refractivity contribution in [3.8, 4) is 0 Å². The number of hydrogen-bond acceptors (Lipinski definition) is 4. The van der Waals surface area contributed by atoms with Crippen molar-refractivity contribution in [2.24, 2.45) is 0 Å². The van der Waals surface area contributed by atoms with Crippen LogP contribution in [0.15, 0.2) is 95.0 Å². The molecule has 2 aromatic carbocycles. The summed E-state index contributed by atoms with van der Waals surface area (Å²) in [4.78, 5) is 12.5. The molecule has 150 valence electrons. The Hall–Kier alpha value is -3.16. The van der Waals surface area contributed by atoms with E-state index in [0.717, 1.165) is 5.56 Å². The van der Waals surface area contributed by atoms with Gasteiger partial charge in [0.05, 0.1) is 17.7 Å². The van der Waals surface area contributed by atoms with E-state index in [2.05, 4.69) is 11.9 Å². The molecular formula is C22H22N2O4S. The Bertz CT molecular complexity index is 1040. The van der Waals surface area contributed by atoms with Crippen LogP contribution >= 0.6 is 0 Å². The Balaban J connectivity index is 1.69. The van der Waals surface area contributed by atoms with Crippen LogP contribution in [-0.4, -0.2) is 25.2 Å². The third-order valence-corrected chi connectivity index (χ3v) is 6.12. The quantitative estimate of drug-likeness (QED) is 0.547. The van der Waals surface area contributed by atoms with Gasteiger partial charge in [0.15, 0.2) is 0 Å². The van der Waals surface area contributed by atoms with Crippen LogP contribution in [0.1, 0.15) is 21.7 Å². The first-order valence-corrected chi connectivity index (χ1v) is 10.5. The number of benzene rings is 2. The molecule has 0 aliphatic carbocycles. The zero-order valence-electron chi connectivity index (χ0n) is 15.8. The van der Waals surface area contributed by atoms with Gasteiger partial charge in [0.2, 0.25) is 10.0 Å². The molecule has 0 bridgehead atoms. The molecule has 0 fully saturated rings. The minimum atomic E-state index is -3.65. The van der Waals surface area contributed by atoms with Crippen molar-refractivity contribution in [2.75, 3.05) is 6.54 Å². The van der Waals surface area contributed by atoms with Crippen LogP contribution in [0.2, 0.25) is 0 Å². The highest BCUT2D eigenvalue weighted by atomic mass is 32.2. The smallest absolute Gasteiger partial charge is 0.251 e. The largest absolute Gasteiger partial charge is 0.467 e. The minimum absolute atomic E-state index is 0.178. The van der Waals surface area contributed by atoms with Crippen LogP contribution in [-0.2, 0) is 23.1 Å². The summed E-state index contributed by atoms with van der Waals surface area (Å²) in [7, 11) is -3.65. The highest BCUT2D eigenvalue weighted by Gasteiger charge is 2.23. The molecular weight excluding hydrogens is 388 g/mol. The zero-order valence-corrected chi connectivity index (χ0v) is 16.6. The minimum Gasteiger partial charge on any atom is -0.467 e. The van der Waals surface area contributed by atoms with Crippen molar-refractivity contribution >= 4 is 15.9 Å². The maximum Gasteiger partial charge on any atom is 0.251 e. The molecule has 1 heterocycles. The number of furan rings is 1. The van der Waals surface area contributed by atoms with Crippen molar-refractivity contribution in [1.29, 1.82) is 0 Å². The van der Waals surface area contributed by atoms with Crippen molar-refractivity contribution in [1.82, 2.24) is 9.62 Å². The summed E-state index contributed by atoms with van der Waals surface area (Å²) >= 11 is 0. The Kier molecular flexibility index (Phi) is 6.64. The van der Waals surface area contributed by atoms with Crippen LogP contribution in [0.5, 0.6) is 0 Å². The van der Waals surface area contributed by atoms with E-state index < -0.39 is 10.0 Å². The summed E-state index contributed by atoms with van der Waals surface area (Å²) in [5, 5.41) is 2.78. The molecule has 0 saturated carbocycles. The Morgan fingerprint density at radius 1 is 1.03 bits per heavy atom. The number of nitrogens with zero attached hydrogens (tertiary/aromatic N) is 1. The van der Waals surface area contributed by atoms with Crippen molar-refractivity contribution in [2.45, 2.75) is 18.0 Å². The van der Waals surface area contributed by atoms with E-state index in [-0.39, 0.29) is 23.9 Å². The van der Waals surface area contributed by atoms with Gasteiger partial charge in [0.25, 0.3) is 5.91 Å². The molecule has 0 radical (unpaired) electrons. The van der Waals surface area contributed by atoms with E-state index in [1.54, 1.807) is 79.1 Å². The molecule has 0 unspecified atom stereocenters. The van der Waals surface area contributed by atoms with Gasteiger partial charge in [-0.1, -0.05) is 36.4 Å². The van der Waals surface area contributed by atoms with Gasteiger partial charge in [0.1, 0.15) is 5.76 Å². The fourth-order valence-electron chi connectivity index (χ4n) is 2.78. The van der Waals surface area contributed by atoms with E-state index in [0.29, 0.717) is 17.9 Å². The SMILES string of the molecule is C=CCN(Cc1ccc(C(=O)NCc2ccco2)cc1)S(=O)(=O)c1ccccc1. The average molecular weight is 410 g/mol. The molecule has 3 rings (SSSR count).